The molecule has 0 amide bonds. The predicted octanol–water partition coefficient (Wildman–Crippen LogP) is 3.38. The summed E-state index contributed by atoms with van der Waals surface area (Å²) in [4.78, 5) is 2.40. The van der Waals surface area contributed by atoms with Gasteiger partial charge in [-0.25, -0.2) is 0 Å². The van der Waals surface area contributed by atoms with E-state index < -0.39 is 0 Å². The minimum Gasteiger partial charge on any atom is -0.391 e. The lowest BCUT2D eigenvalue weighted by Gasteiger charge is -2.39. The van der Waals surface area contributed by atoms with Gasteiger partial charge in [0, 0.05) is 6.54 Å². The third-order valence-corrected chi connectivity index (χ3v) is 4.07. The molecule has 1 heterocycles. The van der Waals surface area contributed by atoms with Gasteiger partial charge in [-0.3, -0.25) is 4.90 Å². The van der Waals surface area contributed by atoms with E-state index in [1.165, 1.54) is 11.1 Å². The number of aliphatic hydroxyl groups excluding tert-OH is 1. The Morgan fingerprint density at radius 1 is 0.950 bits per heavy atom. The Bertz CT molecular complexity index is 526. The number of hydrogen-bond acceptors (Lipinski definition) is 2. The highest BCUT2D eigenvalue weighted by Crippen LogP contribution is 2.32. The Balaban J connectivity index is 1.83. The van der Waals surface area contributed by atoms with Gasteiger partial charge in [0.05, 0.1) is 12.1 Å². The lowest BCUT2D eigenvalue weighted by Crippen LogP contribution is -2.41. The molecule has 0 unspecified atom stereocenters. The van der Waals surface area contributed by atoms with E-state index in [0.29, 0.717) is 0 Å². The van der Waals surface area contributed by atoms with Gasteiger partial charge in [0.15, 0.2) is 0 Å². The number of rotatable bonds is 3. The maximum atomic E-state index is 10.4. The highest BCUT2D eigenvalue weighted by molar-refractivity contribution is 5.22. The van der Waals surface area contributed by atoms with E-state index in [-0.39, 0.29) is 12.1 Å². The van der Waals surface area contributed by atoms with Crippen LogP contribution in [0.3, 0.4) is 0 Å². The molecule has 0 spiro atoms. The molecule has 0 aliphatic carbocycles. The van der Waals surface area contributed by atoms with Crippen LogP contribution in [0.15, 0.2) is 60.7 Å². The predicted molar refractivity (Wildman–Crippen MR) is 81.3 cm³/mol. The molecule has 0 aromatic heterocycles. The number of hydrogen-bond donors (Lipinski definition) is 1. The molecule has 1 N–H and O–H groups in total. The molecule has 2 heteroatoms. The molecular formula is C18H21NO. The fraction of sp³-hybridized carbons (Fsp3) is 0.333. The van der Waals surface area contributed by atoms with Gasteiger partial charge in [-0.05, 0) is 30.5 Å². The number of aliphatic hydroxyl groups is 1. The van der Waals surface area contributed by atoms with E-state index in [4.69, 9.17) is 0 Å². The minimum atomic E-state index is -0.269. The summed E-state index contributed by atoms with van der Waals surface area (Å²) in [5.41, 5.74) is 2.53. The molecule has 1 saturated heterocycles. The second kappa shape index (κ2) is 6.21. The van der Waals surface area contributed by atoms with Gasteiger partial charge >= 0.3 is 0 Å². The monoisotopic (exact) mass is 267 g/mol. The van der Waals surface area contributed by atoms with Gasteiger partial charge in [0.25, 0.3) is 0 Å². The standard InChI is InChI=1S/C18H21NO/c20-17-12-7-13-19(14-15-8-3-1-4-9-15)18(17)16-10-5-2-6-11-16/h1-6,8-11,17-18,20H,7,12-14H2/t17-,18+/m1/s1. The van der Waals surface area contributed by atoms with Crippen LogP contribution < -0.4 is 0 Å². The smallest absolute Gasteiger partial charge is 0.0737 e. The summed E-state index contributed by atoms with van der Waals surface area (Å²) in [5, 5.41) is 10.4. The largest absolute Gasteiger partial charge is 0.391 e. The summed E-state index contributed by atoms with van der Waals surface area (Å²) in [6.45, 7) is 1.95. The summed E-state index contributed by atoms with van der Waals surface area (Å²) >= 11 is 0. The quantitative estimate of drug-likeness (QED) is 0.921. The molecule has 1 aliphatic heterocycles. The number of benzene rings is 2. The Hall–Kier alpha value is -1.64. The molecule has 1 fully saturated rings. The summed E-state index contributed by atoms with van der Waals surface area (Å²) in [6, 6.07) is 21.0. The van der Waals surface area contributed by atoms with E-state index in [1.807, 2.05) is 12.1 Å². The third kappa shape index (κ3) is 2.92. The van der Waals surface area contributed by atoms with Crippen LogP contribution in [-0.2, 0) is 6.54 Å². The lowest BCUT2D eigenvalue weighted by atomic mass is 9.92. The summed E-state index contributed by atoms with van der Waals surface area (Å²) in [5.74, 6) is 0. The van der Waals surface area contributed by atoms with E-state index in [0.717, 1.165) is 25.9 Å². The van der Waals surface area contributed by atoms with Gasteiger partial charge < -0.3 is 5.11 Å². The van der Waals surface area contributed by atoms with Crippen molar-refractivity contribution in [3.05, 3.63) is 71.8 Å². The zero-order valence-corrected chi connectivity index (χ0v) is 11.7. The third-order valence-electron chi connectivity index (χ3n) is 4.07. The van der Waals surface area contributed by atoms with Crippen molar-refractivity contribution in [2.24, 2.45) is 0 Å². The summed E-state index contributed by atoms with van der Waals surface area (Å²) in [6.07, 6.45) is 1.69. The zero-order valence-electron chi connectivity index (χ0n) is 11.7. The van der Waals surface area contributed by atoms with Crippen LogP contribution in [0.2, 0.25) is 0 Å². The summed E-state index contributed by atoms with van der Waals surface area (Å²) < 4.78 is 0. The highest BCUT2D eigenvalue weighted by atomic mass is 16.3. The first-order valence-corrected chi connectivity index (χ1v) is 7.35. The van der Waals surface area contributed by atoms with Gasteiger partial charge in [-0.2, -0.15) is 0 Å². The fourth-order valence-corrected chi connectivity index (χ4v) is 3.12. The highest BCUT2D eigenvalue weighted by Gasteiger charge is 2.31. The average Bonchev–Trinajstić information content (AvgIpc) is 2.49. The molecule has 20 heavy (non-hydrogen) atoms. The van der Waals surface area contributed by atoms with Crippen molar-refractivity contribution in [1.82, 2.24) is 4.90 Å². The Kier molecular flexibility index (Phi) is 4.14. The van der Waals surface area contributed by atoms with Crippen molar-refractivity contribution < 1.29 is 5.11 Å². The Morgan fingerprint density at radius 3 is 2.30 bits per heavy atom. The van der Waals surface area contributed by atoms with Gasteiger partial charge in [0.1, 0.15) is 0 Å². The van der Waals surface area contributed by atoms with E-state index >= 15 is 0 Å². The molecule has 1 aliphatic rings. The van der Waals surface area contributed by atoms with Crippen LogP contribution in [-0.4, -0.2) is 22.7 Å². The fourth-order valence-electron chi connectivity index (χ4n) is 3.12. The van der Waals surface area contributed by atoms with E-state index in [1.54, 1.807) is 0 Å². The van der Waals surface area contributed by atoms with Gasteiger partial charge in [-0.1, -0.05) is 60.7 Å². The van der Waals surface area contributed by atoms with Crippen LogP contribution in [0, 0.1) is 0 Å². The van der Waals surface area contributed by atoms with Crippen molar-refractivity contribution in [1.29, 1.82) is 0 Å². The maximum absolute atomic E-state index is 10.4. The average molecular weight is 267 g/mol. The molecule has 104 valence electrons. The topological polar surface area (TPSA) is 23.5 Å². The normalized spacial score (nSPS) is 23.6. The Labute approximate surface area is 120 Å². The van der Waals surface area contributed by atoms with Crippen molar-refractivity contribution in [2.75, 3.05) is 6.54 Å². The molecule has 0 radical (unpaired) electrons. The van der Waals surface area contributed by atoms with Crippen molar-refractivity contribution in [3.8, 4) is 0 Å². The van der Waals surface area contributed by atoms with Crippen LogP contribution in [0.4, 0.5) is 0 Å². The molecule has 3 rings (SSSR count). The van der Waals surface area contributed by atoms with Gasteiger partial charge in [-0.15, -0.1) is 0 Å². The maximum Gasteiger partial charge on any atom is 0.0737 e. The first-order valence-electron chi connectivity index (χ1n) is 7.35. The lowest BCUT2D eigenvalue weighted by molar-refractivity contribution is 0.00521. The van der Waals surface area contributed by atoms with Crippen molar-refractivity contribution in [2.45, 2.75) is 31.5 Å². The second-order valence-electron chi connectivity index (χ2n) is 5.52. The molecule has 2 aromatic carbocycles. The minimum absolute atomic E-state index is 0.116. The van der Waals surface area contributed by atoms with Crippen molar-refractivity contribution in [3.63, 3.8) is 0 Å². The van der Waals surface area contributed by atoms with Crippen molar-refractivity contribution >= 4 is 0 Å². The zero-order chi connectivity index (χ0) is 13.8. The first-order chi connectivity index (χ1) is 9.84. The second-order valence-corrected chi connectivity index (χ2v) is 5.52. The Morgan fingerprint density at radius 2 is 1.60 bits per heavy atom. The number of likely N-dealkylation sites (tertiary alicyclic amines) is 1. The van der Waals surface area contributed by atoms with Gasteiger partial charge in [0.2, 0.25) is 0 Å². The molecule has 2 atom stereocenters. The number of nitrogens with zero attached hydrogens (tertiary/aromatic N) is 1. The molecule has 2 aromatic rings. The van der Waals surface area contributed by atoms with Crippen LogP contribution in [0.5, 0.6) is 0 Å². The molecule has 0 saturated carbocycles. The molecule has 2 nitrogen and oxygen atoms in total. The van der Waals surface area contributed by atoms with Crippen LogP contribution in [0.1, 0.15) is 30.0 Å². The first kappa shape index (κ1) is 13.3. The molecular weight excluding hydrogens is 246 g/mol. The number of piperidine rings is 1. The van der Waals surface area contributed by atoms with Crippen LogP contribution >= 0.6 is 0 Å². The SMILES string of the molecule is O[C@@H]1CCCN(Cc2ccccc2)[C@H]1c1ccccc1. The molecule has 0 bridgehead atoms. The van der Waals surface area contributed by atoms with Crippen LogP contribution in [0.25, 0.3) is 0 Å². The summed E-state index contributed by atoms with van der Waals surface area (Å²) in [7, 11) is 0. The van der Waals surface area contributed by atoms with E-state index in [9.17, 15) is 5.11 Å². The van der Waals surface area contributed by atoms with E-state index in [2.05, 4.69) is 53.4 Å².